The van der Waals surface area contributed by atoms with Gasteiger partial charge >= 0.3 is 0 Å². The third kappa shape index (κ3) is 3.21. The highest BCUT2D eigenvalue weighted by atomic mass is 16.5. The molecule has 1 fully saturated rings. The van der Waals surface area contributed by atoms with E-state index in [1.807, 2.05) is 30.3 Å². The van der Waals surface area contributed by atoms with Gasteiger partial charge in [0.25, 0.3) is 0 Å². The zero-order valence-corrected chi connectivity index (χ0v) is 15.7. The Balaban J connectivity index is 1.69. The highest BCUT2D eigenvalue weighted by Crippen LogP contribution is 2.27. The van der Waals surface area contributed by atoms with E-state index in [2.05, 4.69) is 15.0 Å². The Morgan fingerprint density at radius 1 is 0.966 bits per heavy atom. The smallest absolute Gasteiger partial charge is 0.228 e. The highest BCUT2D eigenvalue weighted by Gasteiger charge is 2.18. The van der Waals surface area contributed by atoms with Crippen LogP contribution in [0, 0.1) is 0 Å². The molecule has 0 aliphatic carbocycles. The normalized spacial score (nSPS) is 14.4. The first-order chi connectivity index (χ1) is 14.2. The van der Waals surface area contributed by atoms with E-state index in [0.717, 1.165) is 35.2 Å². The summed E-state index contributed by atoms with van der Waals surface area (Å²) in [5.74, 6) is 1.72. The van der Waals surface area contributed by atoms with Crippen molar-refractivity contribution in [2.24, 2.45) is 0 Å². The summed E-state index contributed by atoms with van der Waals surface area (Å²) in [5, 5.41) is 5.48. The van der Waals surface area contributed by atoms with Crippen LogP contribution in [0.4, 0.5) is 17.5 Å². The van der Waals surface area contributed by atoms with Crippen molar-refractivity contribution in [1.82, 2.24) is 24.7 Å². The second-order valence-electron chi connectivity index (χ2n) is 6.82. The number of hydrogen-bond acceptors (Lipinski definition) is 8. The van der Waals surface area contributed by atoms with Crippen molar-refractivity contribution in [2.75, 3.05) is 42.7 Å². The molecule has 9 heteroatoms. The minimum Gasteiger partial charge on any atom is -0.397 e. The van der Waals surface area contributed by atoms with E-state index in [0.29, 0.717) is 36.5 Å². The number of fused-ring (bicyclic) bond motifs is 1. The van der Waals surface area contributed by atoms with E-state index in [1.165, 1.54) is 0 Å². The van der Waals surface area contributed by atoms with E-state index >= 15 is 0 Å². The van der Waals surface area contributed by atoms with Crippen molar-refractivity contribution in [3.05, 3.63) is 48.8 Å². The van der Waals surface area contributed by atoms with Crippen molar-refractivity contribution in [3.63, 3.8) is 0 Å². The molecule has 4 aromatic rings. The minimum atomic E-state index is 0.460. The van der Waals surface area contributed by atoms with Gasteiger partial charge in [-0.25, -0.2) is 14.6 Å². The predicted molar refractivity (Wildman–Crippen MR) is 112 cm³/mol. The van der Waals surface area contributed by atoms with Gasteiger partial charge in [0.05, 0.1) is 36.3 Å². The third-order valence-electron chi connectivity index (χ3n) is 4.92. The summed E-state index contributed by atoms with van der Waals surface area (Å²) in [6, 6.07) is 11.3. The van der Waals surface area contributed by atoms with Gasteiger partial charge in [-0.2, -0.15) is 10.1 Å². The first-order valence-electron chi connectivity index (χ1n) is 9.35. The Hall–Kier alpha value is -3.72. The van der Waals surface area contributed by atoms with E-state index in [-0.39, 0.29) is 0 Å². The molecule has 0 atom stereocenters. The fourth-order valence-corrected chi connectivity index (χ4v) is 3.42. The summed E-state index contributed by atoms with van der Waals surface area (Å²) < 4.78 is 7.22. The molecule has 4 heterocycles. The number of nitrogen functional groups attached to an aromatic ring is 2. The molecule has 0 saturated carbocycles. The van der Waals surface area contributed by atoms with Crippen molar-refractivity contribution in [2.45, 2.75) is 0 Å². The van der Waals surface area contributed by atoms with Crippen molar-refractivity contribution >= 4 is 28.4 Å². The van der Waals surface area contributed by atoms with Gasteiger partial charge in [-0.3, -0.25) is 0 Å². The fraction of sp³-hybridized carbons (Fsp3) is 0.200. The number of pyridine rings is 1. The Morgan fingerprint density at radius 2 is 1.83 bits per heavy atom. The number of aromatic nitrogens is 5. The maximum atomic E-state index is 6.23. The molecule has 4 N–H and O–H groups in total. The van der Waals surface area contributed by atoms with Crippen LogP contribution in [0.5, 0.6) is 0 Å². The van der Waals surface area contributed by atoms with Crippen LogP contribution in [-0.2, 0) is 4.74 Å². The van der Waals surface area contributed by atoms with E-state index in [1.54, 1.807) is 23.1 Å². The van der Waals surface area contributed by atoms with Crippen LogP contribution in [0.25, 0.3) is 28.0 Å². The van der Waals surface area contributed by atoms with Crippen LogP contribution in [-0.4, -0.2) is 51.0 Å². The second kappa shape index (κ2) is 7.02. The van der Waals surface area contributed by atoms with E-state index in [9.17, 15) is 0 Å². The van der Waals surface area contributed by atoms with Crippen LogP contribution in [0.15, 0.2) is 48.8 Å². The van der Waals surface area contributed by atoms with Crippen molar-refractivity contribution in [3.8, 4) is 17.1 Å². The molecule has 0 radical (unpaired) electrons. The van der Waals surface area contributed by atoms with Crippen molar-refractivity contribution in [1.29, 1.82) is 0 Å². The Bertz CT molecular complexity index is 1170. The summed E-state index contributed by atoms with van der Waals surface area (Å²) in [6.45, 7) is 2.74. The highest BCUT2D eigenvalue weighted by molar-refractivity contribution is 5.90. The van der Waals surface area contributed by atoms with E-state index in [4.69, 9.17) is 26.2 Å². The van der Waals surface area contributed by atoms with Crippen LogP contribution >= 0.6 is 0 Å². The number of hydrogen-bond donors (Lipinski definition) is 2. The quantitative estimate of drug-likeness (QED) is 0.510. The SMILES string of the molecule is Nc1ccc(-c2cc(-n3ncc4cccc(N)c43)nc(N3CCOCC3)n2)cn1. The summed E-state index contributed by atoms with van der Waals surface area (Å²) in [5.41, 5.74) is 15.0. The van der Waals surface area contributed by atoms with Gasteiger partial charge in [-0.1, -0.05) is 12.1 Å². The van der Waals surface area contributed by atoms with Crippen LogP contribution in [0.3, 0.4) is 0 Å². The van der Waals surface area contributed by atoms with Gasteiger partial charge in [0.15, 0.2) is 5.82 Å². The third-order valence-corrected chi connectivity index (χ3v) is 4.92. The van der Waals surface area contributed by atoms with Gasteiger partial charge in [-0.05, 0) is 18.2 Å². The summed E-state index contributed by atoms with van der Waals surface area (Å²) in [6.07, 6.45) is 3.49. The fourth-order valence-electron chi connectivity index (χ4n) is 3.42. The molecular weight excluding hydrogens is 368 g/mol. The summed E-state index contributed by atoms with van der Waals surface area (Å²) >= 11 is 0. The Labute approximate surface area is 167 Å². The number of nitrogens with two attached hydrogens (primary N) is 2. The first-order valence-corrected chi connectivity index (χ1v) is 9.35. The molecule has 5 rings (SSSR count). The molecule has 1 saturated heterocycles. The maximum Gasteiger partial charge on any atom is 0.228 e. The summed E-state index contributed by atoms with van der Waals surface area (Å²) in [7, 11) is 0. The maximum absolute atomic E-state index is 6.23. The standard InChI is InChI=1S/C20H20N8O/c21-15-3-1-2-14-12-24-28(19(14)15)18-10-16(13-4-5-17(22)23-11-13)25-20(26-18)27-6-8-29-9-7-27/h1-5,10-12H,6-9,21H2,(H2,22,23). The van der Waals surface area contributed by atoms with Crippen molar-refractivity contribution < 1.29 is 4.74 Å². The molecule has 1 aromatic carbocycles. The number of morpholine rings is 1. The van der Waals surface area contributed by atoms with Gasteiger partial charge in [0.1, 0.15) is 5.82 Å². The molecule has 0 spiro atoms. The van der Waals surface area contributed by atoms with Gasteiger partial charge in [-0.15, -0.1) is 0 Å². The largest absolute Gasteiger partial charge is 0.397 e. The predicted octanol–water partition coefficient (Wildman–Crippen LogP) is 1.88. The molecule has 0 bridgehead atoms. The lowest BCUT2D eigenvalue weighted by molar-refractivity contribution is 0.122. The summed E-state index contributed by atoms with van der Waals surface area (Å²) in [4.78, 5) is 15.9. The molecule has 3 aromatic heterocycles. The van der Waals surface area contributed by atoms with Gasteiger partial charge in [0.2, 0.25) is 5.95 Å². The zero-order valence-electron chi connectivity index (χ0n) is 15.7. The molecule has 9 nitrogen and oxygen atoms in total. The molecule has 0 unspecified atom stereocenters. The lowest BCUT2D eigenvalue weighted by Gasteiger charge is -2.27. The number of rotatable bonds is 3. The topological polar surface area (TPSA) is 121 Å². The van der Waals surface area contributed by atoms with Crippen LogP contribution in [0.1, 0.15) is 0 Å². The zero-order chi connectivity index (χ0) is 19.8. The molecular formula is C20H20N8O. The average Bonchev–Trinajstić information content (AvgIpc) is 3.20. The Morgan fingerprint density at radius 3 is 2.62 bits per heavy atom. The van der Waals surface area contributed by atoms with E-state index < -0.39 is 0 Å². The number of benzene rings is 1. The minimum absolute atomic E-state index is 0.460. The first kappa shape index (κ1) is 17.4. The average molecular weight is 388 g/mol. The number of ether oxygens (including phenoxy) is 1. The lowest BCUT2D eigenvalue weighted by atomic mass is 10.2. The molecule has 1 aliphatic rings. The number of nitrogens with zero attached hydrogens (tertiary/aromatic N) is 6. The number of para-hydroxylation sites is 1. The van der Waals surface area contributed by atoms with Crippen LogP contribution in [0.2, 0.25) is 0 Å². The second-order valence-corrected chi connectivity index (χ2v) is 6.82. The molecule has 0 amide bonds. The molecule has 1 aliphatic heterocycles. The molecule has 29 heavy (non-hydrogen) atoms. The van der Waals surface area contributed by atoms with Gasteiger partial charge < -0.3 is 21.1 Å². The lowest BCUT2D eigenvalue weighted by Crippen LogP contribution is -2.37. The Kier molecular flexibility index (Phi) is 4.21. The monoisotopic (exact) mass is 388 g/mol. The van der Waals surface area contributed by atoms with Gasteiger partial charge in [0, 0.05) is 36.3 Å². The van der Waals surface area contributed by atoms with Crippen LogP contribution < -0.4 is 16.4 Å². The molecule has 146 valence electrons. The number of anilines is 3.